The summed E-state index contributed by atoms with van der Waals surface area (Å²) < 4.78 is 0. The summed E-state index contributed by atoms with van der Waals surface area (Å²) in [6.07, 6.45) is 2.78. The standard InChI is InChI=1S/C12H24N2O/c1-8(2)4-10(7-13)6-12(15)14-11-5-9(11)3/h8-11H,4-7,13H2,1-3H3,(H,14,15)/t9?,10-,11?/m0/s1. The molecule has 0 spiro atoms. The Morgan fingerprint density at radius 2 is 2.13 bits per heavy atom. The zero-order valence-electron chi connectivity index (χ0n) is 10.1. The van der Waals surface area contributed by atoms with Crippen LogP contribution in [0.3, 0.4) is 0 Å². The van der Waals surface area contributed by atoms with Gasteiger partial charge in [-0.25, -0.2) is 0 Å². The topological polar surface area (TPSA) is 55.1 Å². The summed E-state index contributed by atoms with van der Waals surface area (Å²) in [4.78, 5) is 11.6. The van der Waals surface area contributed by atoms with Gasteiger partial charge >= 0.3 is 0 Å². The number of carbonyl (C=O) groups is 1. The van der Waals surface area contributed by atoms with Crippen LogP contribution in [0.15, 0.2) is 0 Å². The van der Waals surface area contributed by atoms with Crippen LogP contribution in [-0.2, 0) is 4.79 Å². The van der Waals surface area contributed by atoms with E-state index in [-0.39, 0.29) is 5.91 Å². The average molecular weight is 212 g/mol. The van der Waals surface area contributed by atoms with Crippen molar-refractivity contribution in [3.05, 3.63) is 0 Å². The highest BCUT2D eigenvalue weighted by Crippen LogP contribution is 2.29. The normalized spacial score (nSPS) is 26.5. The summed E-state index contributed by atoms with van der Waals surface area (Å²) in [6.45, 7) is 7.12. The fraction of sp³-hybridized carbons (Fsp3) is 0.917. The van der Waals surface area contributed by atoms with Crippen LogP contribution in [-0.4, -0.2) is 18.5 Å². The lowest BCUT2D eigenvalue weighted by atomic mass is 9.94. The largest absolute Gasteiger partial charge is 0.353 e. The maximum atomic E-state index is 11.6. The lowest BCUT2D eigenvalue weighted by molar-refractivity contribution is -0.122. The number of nitrogens with one attached hydrogen (secondary N) is 1. The molecule has 3 heteroatoms. The third-order valence-corrected chi connectivity index (χ3v) is 3.07. The van der Waals surface area contributed by atoms with Crippen molar-refractivity contribution in [1.82, 2.24) is 5.32 Å². The van der Waals surface area contributed by atoms with Crippen LogP contribution in [0.4, 0.5) is 0 Å². The van der Waals surface area contributed by atoms with Crippen LogP contribution in [0.25, 0.3) is 0 Å². The summed E-state index contributed by atoms with van der Waals surface area (Å²) in [5.41, 5.74) is 5.66. The van der Waals surface area contributed by atoms with E-state index in [4.69, 9.17) is 5.73 Å². The first-order valence-electron chi connectivity index (χ1n) is 6.02. The summed E-state index contributed by atoms with van der Waals surface area (Å²) in [7, 11) is 0. The molecule has 1 amide bonds. The summed E-state index contributed by atoms with van der Waals surface area (Å²) in [6, 6.07) is 0.440. The second kappa shape index (κ2) is 5.50. The quantitative estimate of drug-likeness (QED) is 0.701. The van der Waals surface area contributed by atoms with Crippen molar-refractivity contribution < 1.29 is 4.79 Å². The van der Waals surface area contributed by atoms with E-state index < -0.39 is 0 Å². The Labute approximate surface area is 92.8 Å². The van der Waals surface area contributed by atoms with Crippen LogP contribution < -0.4 is 11.1 Å². The third kappa shape index (κ3) is 4.65. The molecule has 0 aliphatic heterocycles. The van der Waals surface area contributed by atoms with Gasteiger partial charge < -0.3 is 11.1 Å². The molecule has 1 rings (SSSR count). The second-order valence-corrected chi connectivity index (χ2v) is 5.32. The fourth-order valence-corrected chi connectivity index (χ4v) is 1.98. The van der Waals surface area contributed by atoms with Gasteiger partial charge in [0.05, 0.1) is 0 Å². The zero-order valence-corrected chi connectivity index (χ0v) is 10.1. The minimum atomic E-state index is 0.181. The molecule has 3 N–H and O–H groups in total. The zero-order chi connectivity index (χ0) is 11.4. The van der Waals surface area contributed by atoms with Crippen LogP contribution in [0.2, 0.25) is 0 Å². The molecule has 0 aromatic carbocycles. The van der Waals surface area contributed by atoms with E-state index in [0.717, 1.165) is 12.8 Å². The van der Waals surface area contributed by atoms with Crippen molar-refractivity contribution in [2.45, 2.75) is 46.1 Å². The highest BCUT2D eigenvalue weighted by molar-refractivity contribution is 5.76. The molecule has 2 unspecified atom stereocenters. The SMILES string of the molecule is CC(C)C[C@H](CN)CC(=O)NC1CC1C. The molecule has 0 aromatic rings. The van der Waals surface area contributed by atoms with Crippen molar-refractivity contribution in [1.29, 1.82) is 0 Å². The molecule has 88 valence electrons. The Hall–Kier alpha value is -0.570. The summed E-state index contributed by atoms with van der Waals surface area (Å²) in [5, 5.41) is 3.05. The van der Waals surface area contributed by atoms with E-state index in [1.54, 1.807) is 0 Å². The first-order valence-corrected chi connectivity index (χ1v) is 6.02. The van der Waals surface area contributed by atoms with Crippen molar-refractivity contribution in [3.63, 3.8) is 0 Å². The van der Waals surface area contributed by atoms with E-state index in [1.165, 1.54) is 0 Å². The Morgan fingerprint density at radius 1 is 1.53 bits per heavy atom. The molecule has 1 saturated carbocycles. The number of hydrogen-bond acceptors (Lipinski definition) is 2. The molecule has 3 atom stereocenters. The Bertz CT molecular complexity index is 216. The minimum absolute atomic E-state index is 0.181. The van der Waals surface area contributed by atoms with E-state index in [2.05, 4.69) is 26.1 Å². The number of amides is 1. The van der Waals surface area contributed by atoms with Gasteiger partial charge in [-0.2, -0.15) is 0 Å². The first kappa shape index (κ1) is 12.5. The highest BCUT2D eigenvalue weighted by Gasteiger charge is 2.33. The smallest absolute Gasteiger partial charge is 0.220 e. The van der Waals surface area contributed by atoms with Gasteiger partial charge in [0.2, 0.25) is 5.91 Å². The van der Waals surface area contributed by atoms with Gasteiger partial charge in [0.25, 0.3) is 0 Å². The van der Waals surface area contributed by atoms with Gasteiger partial charge in [-0.05, 0) is 37.1 Å². The predicted octanol–water partition coefficient (Wildman–Crippen LogP) is 1.52. The molecule has 0 aromatic heterocycles. The lowest BCUT2D eigenvalue weighted by Crippen LogP contribution is -2.30. The van der Waals surface area contributed by atoms with Gasteiger partial charge in [0.15, 0.2) is 0 Å². The van der Waals surface area contributed by atoms with Crippen LogP contribution in [0.1, 0.15) is 40.0 Å². The van der Waals surface area contributed by atoms with Crippen LogP contribution in [0.5, 0.6) is 0 Å². The second-order valence-electron chi connectivity index (χ2n) is 5.32. The lowest BCUT2D eigenvalue weighted by Gasteiger charge is -2.16. The van der Waals surface area contributed by atoms with Crippen molar-refractivity contribution >= 4 is 5.91 Å². The van der Waals surface area contributed by atoms with E-state index in [9.17, 15) is 4.79 Å². The average Bonchev–Trinajstić information content (AvgIpc) is 2.79. The maximum absolute atomic E-state index is 11.6. The minimum Gasteiger partial charge on any atom is -0.353 e. The summed E-state index contributed by atoms with van der Waals surface area (Å²) in [5.74, 6) is 1.82. The molecule has 0 bridgehead atoms. The van der Waals surface area contributed by atoms with E-state index in [1.807, 2.05) is 0 Å². The monoisotopic (exact) mass is 212 g/mol. The van der Waals surface area contributed by atoms with Crippen LogP contribution >= 0.6 is 0 Å². The van der Waals surface area contributed by atoms with E-state index >= 15 is 0 Å². The summed E-state index contributed by atoms with van der Waals surface area (Å²) >= 11 is 0. The Kier molecular flexibility index (Phi) is 4.58. The molecule has 3 nitrogen and oxygen atoms in total. The first-order chi connectivity index (χ1) is 7.02. The molecular weight excluding hydrogens is 188 g/mol. The molecule has 1 aliphatic rings. The predicted molar refractivity (Wildman–Crippen MR) is 62.3 cm³/mol. The molecule has 1 fully saturated rings. The van der Waals surface area contributed by atoms with Crippen molar-refractivity contribution in [2.75, 3.05) is 6.54 Å². The Morgan fingerprint density at radius 3 is 2.53 bits per heavy atom. The van der Waals surface area contributed by atoms with E-state index in [0.29, 0.717) is 36.8 Å². The Balaban J connectivity index is 2.21. The fourth-order valence-electron chi connectivity index (χ4n) is 1.98. The number of nitrogens with two attached hydrogens (primary N) is 1. The molecular formula is C12H24N2O. The molecule has 1 aliphatic carbocycles. The molecule has 0 saturated heterocycles. The van der Waals surface area contributed by atoms with Gasteiger partial charge in [-0.15, -0.1) is 0 Å². The molecule has 15 heavy (non-hydrogen) atoms. The molecule has 0 heterocycles. The van der Waals surface area contributed by atoms with Gasteiger partial charge in [-0.3, -0.25) is 4.79 Å². The number of rotatable bonds is 6. The maximum Gasteiger partial charge on any atom is 0.220 e. The third-order valence-electron chi connectivity index (χ3n) is 3.07. The molecule has 0 radical (unpaired) electrons. The van der Waals surface area contributed by atoms with Crippen molar-refractivity contribution in [3.8, 4) is 0 Å². The van der Waals surface area contributed by atoms with Gasteiger partial charge in [0.1, 0.15) is 0 Å². The number of carbonyl (C=O) groups excluding carboxylic acids is 1. The van der Waals surface area contributed by atoms with Crippen LogP contribution in [0, 0.1) is 17.8 Å². The van der Waals surface area contributed by atoms with Gasteiger partial charge in [0, 0.05) is 12.5 Å². The highest BCUT2D eigenvalue weighted by atomic mass is 16.1. The van der Waals surface area contributed by atoms with Crippen molar-refractivity contribution in [2.24, 2.45) is 23.5 Å². The number of hydrogen-bond donors (Lipinski definition) is 2. The van der Waals surface area contributed by atoms with Gasteiger partial charge in [-0.1, -0.05) is 20.8 Å².